The molecule has 0 aliphatic carbocycles. The summed E-state index contributed by atoms with van der Waals surface area (Å²) in [5, 5.41) is -1.12. The molecule has 0 unspecified atom stereocenters. The van der Waals surface area contributed by atoms with E-state index in [-0.39, 0.29) is 17.1 Å². The van der Waals surface area contributed by atoms with Crippen molar-refractivity contribution in [3.05, 3.63) is 70.7 Å². The number of anilines is 1. The van der Waals surface area contributed by atoms with Crippen LogP contribution in [-0.4, -0.2) is 27.6 Å². The van der Waals surface area contributed by atoms with Crippen LogP contribution < -0.4 is 4.72 Å². The monoisotopic (exact) mass is 512 g/mol. The van der Waals surface area contributed by atoms with Crippen LogP contribution in [0.5, 0.6) is 0 Å². The Morgan fingerprint density at radius 2 is 1.72 bits per heavy atom. The van der Waals surface area contributed by atoms with Crippen molar-refractivity contribution in [3.63, 3.8) is 0 Å². The highest BCUT2D eigenvalue weighted by Gasteiger charge is 2.30. The van der Waals surface area contributed by atoms with Gasteiger partial charge in [0.2, 0.25) is 0 Å². The van der Waals surface area contributed by atoms with E-state index >= 15 is 0 Å². The summed E-state index contributed by atoms with van der Waals surface area (Å²) in [4.78, 5) is 2.03. The van der Waals surface area contributed by atoms with Crippen LogP contribution in [0.4, 0.5) is 27.1 Å². The number of hydrogen-bond acceptors (Lipinski definition) is 6. The molecule has 6 nitrogen and oxygen atoms in total. The molecule has 0 aliphatic heterocycles. The number of sulfone groups is 1. The molecule has 3 aromatic rings. The summed E-state index contributed by atoms with van der Waals surface area (Å²) in [5.74, 6) is -2.01. The number of rotatable bonds is 7. The van der Waals surface area contributed by atoms with Crippen molar-refractivity contribution in [1.29, 1.82) is 0 Å². The van der Waals surface area contributed by atoms with E-state index in [0.717, 1.165) is 36.5 Å². The molecule has 2 aromatic carbocycles. The van der Waals surface area contributed by atoms with E-state index in [4.69, 9.17) is 0 Å². The lowest BCUT2D eigenvalue weighted by Gasteiger charge is -2.10. The molecule has 3 rings (SSSR count). The second-order valence-corrected chi connectivity index (χ2v) is 11.2. The molecule has 0 aliphatic rings. The number of sulfonamides is 1. The molecule has 0 bridgehead atoms. The number of thiazole rings is 1. The maximum Gasteiger partial charge on any atom is 0.416 e. The van der Waals surface area contributed by atoms with Gasteiger partial charge in [-0.05, 0) is 36.2 Å². The summed E-state index contributed by atoms with van der Waals surface area (Å²) < 4.78 is 117. The summed E-state index contributed by atoms with van der Waals surface area (Å²) in [5.41, 5.74) is -0.816. The van der Waals surface area contributed by atoms with Crippen LogP contribution in [0, 0.1) is 10.9 Å². The fourth-order valence-corrected chi connectivity index (χ4v) is 5.78. The number of benzene rings is 2. The molecule has 0 fully saturated rings. The van der Waals surface area contributed by atoms with E-state index in [2.05, 4.69) is 4.98 Å². The minimum Gasteiger partial charge on any atom is -0.254 e. The predicted molar refractivity (Wildman–Crippen MR) is 106 cm³/mol. The third kappa shape index (κ3) is 5.61. The molecule has 0 spiro atoms. The van der Waals surface area contributed by atoms with E-state index in [1.165, 1.54) is 6.07 Å². The van der Waals surface area contributed by atoms with Gasteiger partial charge < -0.3 is 0 Å². The number of nitrogens with zero attached hydrogens (tertiary/aromatic N) is 1. The molecule has 32 heavy (non-hydrogen) atoms. The van der Waals surface area contributed by atoms with Crippen LogP contribution in [0.1, 0.15) is 11.1 Å². The van der Waals surface area contributed by atoms with Gasteiger partial charge in [0.05, 0.1) is 22.4 Å². The maximum absolute atomic E-state index is 14.4. The highest BCUT2D eigenvalue weighted by molar-refractivity contribution is 7.93. The smallest absolute Gasteiger partial charge is 0.254 e. The Morgan fingerprint density at radius 1 is 1.00 bits per heavy atom. The Hall–Kier alpha value is -2.58. The molecule has 0 saturated heterocycles. The Balaban J connectivity index is 1.79. The molecule has 1 heterocycles. The number of hydrogen-bond donors (Lipinski definition) is 1. The van der Waals surface area contributed by atoms with Gasteiger partial charge in [0.1, 0.15) is 10.7 Å². The van der Waals surface area contributed by atoms with Crippen LogP contribution in [0.15, 0.2) is 58.5 Å². The number of aryl methyl sites for hydroxylation is 1. The van der Waals surface area contributed by atoms with Crippen molar-refractivity contribution in [3.8, 4) is 0 Å². The normalized spacial score (nSPS) is 12.7. The van der Waals surface area contributed by atoms with Gasteiger partial charge in [0.25, 0.3) is 10.0 Å². The lowest BCUT2D eigenvalue weighted by atomic mass is 10.1. The predicted octanol–water partition coefficient (Wildman–Crippen LogP) is 4.26. The zero-order valence-corrected chi connectivity index (χ0v) is 18.2. The highest BCUT2D eigenvalue weighted by Crippen LogP contribution is 2.30. The number of halogens is 5. The van der Waals surface area contributed by atoms with Gasteiger partial charge in [-0.3, -0.25) is 4.72 Å². The highest BCUT2D eigenvalue weighted by atomic mass is 32.2. The number of nitrogens with one attached hydrogen (secondary N) is 1. The minimum absolute atomic E-state index is 0.114. The van der Waals surface area contributed by atoms with Gasteiger partial charge in [0.15, 0.2) is 20.1 Å². The zero-order valence-electron chi connectivity index (χ0n) is 15.7. The average molecular weight is 513 g/mol. The molecule has 0 radical (unpaired) electrons. The van der Waals surface area contributed by atoms with Gasteiger partial charge in [-0.2, -0.15) is 17.6 Å². The standard InChI is InChI=1S/C18H13F5N2O4S3/c19-14-9-13(4-5-15(14)32(28,29)25-17-24-10-16(20)30-17)31(26,27)7-6-11-2-1-3-12(8-11)18(21,22)23/h1-5,8-10H,6-7H2,(H,24,25). The molecule has 0 atom stereocenters. The van der Waals surface area contributed by atoms with Gasteiger partial charge in [0, 0.05) is 0 Å². The van der Waals surface area contributed by atoms with Crippen LogP contribution >= 0.6 is 11.3 Å². The Morgan fingerprint density at radius 3 is 2.31 bits per heavy atom. The van der Waals surface area contributed by atoms with E-state index in [1.54, 1.807) is 0 Å². The average Bonchev–Trinajstić information content (AvgIpc) is 3.09. The lowest BCUT2D eigenvalue weighted by Crippen LogP contribution is -2.16. The first-order valence-corrected chi connectivity index (χ1v) is 12.6. The van der Waals surface area contributed by atoms with Crippen molar-refractivity contribution in [1.82, 2.24) is 4.98 Å². The van der Waals surface area contributed by atoms with Gasteiger partial charge in [-0.15, -0.1) is 0 Å². The fraction of sp³-hybridized carbons (Fsp3) is 0.167. The van der Waals surface area contributed by atoms with Gasteiger partial charge >= 0.3 is 6.18 Å². The van der Waals surface area contributed by atoms with Crippen molar-refractivity contribution in [2.75, 3.05) is 10.5 Å². The van der Waals surface area contributed by atoms with Crippen molar-refractivity contribution < 1.29 is 38.8 Å². The SMILES string of the molecule is O=S(=O)(CCc1cccc(C(F)(F)F)c1)c1ccc(S(=O)(=O)Nc2ncc(F)s2)c(F)c1. The molecule has 172 valence electrons. The fourth-order valence-electron chi connectivity index (χ4n) is 2.64. The Labute approximate surface area is 183 Å². The van der Waals surface area contributed by atoms with Crippen LogP contribution in [0.3, 0.4) is 0 Å². The first kappa shape index (κ1) is 24.1. The van der Waals surface area contributed by atoms with Crippen molar-refractivity contribution in [2.24, 2.45) is 0 Å². The first-order chi connectivity index (χ1) is 14.8. The van der Waals surface area contributed by atoms with E-state index in [1.807, 2.05) is 4.72 Å². The largest absolute Gasteiger partial charge is 0.416 e. The zero-order chi connectivity index (χ0) is 23.7. The van der Waals surface area contributed by atoms with Gasteiger partial charge in [-0.25, -0.2) is 26.2 Å². The Kier molecular flexibility index (Phi) is 6.58. The Bertz CT molecular complexity index is 1350. The number of alkyl halides is 3. The third-order valence-corrected chi connectivity index (χ3v) is 8.08. The van der Waals surface area contributed by atoms with E-state index < -0.39 is 58.1 Å². The number of aromatic nitrogens is 1. The van der Waals surface area contributed by atoms with Crippen molar-refractivity contribution >= 4 is 36.3 Å². The third-order valence-electron chi connectivity index (χ3n) is 4.16. The molecule has 14 heteroatoms. The summed E-state index contributed by atoms with van der Waals surface area (Å²) >= 11 is 0.373. The molecule has 1 aromatic heterocycles. The summed E-state index contributed by atoms with van der Waals surface area (Å²) in [6.07, 6.45) is -4.10. The molecule has 1 N–H and O–H groups in total. The molecular weight excluding hydrogens is 499 g/mol. The van der Waals surface area contributed by atoms with Crippen molar-refractivity contribution in [2.45, 2.75) is 22.4 Å². The molecule has 0 amide bonds. The summed E-state index contributed by atoms with van der Waals surface area (Å²) in [6, 6.07) is 6.22. The molecule has 0 saturated carbocycles. The first-order valence-electron chi connectivity index (χ1n) is 8.60. The lowest BCUT2D eigenvalue weighted by molar-refractivity contribution is -0.137. The van der Waals surface area contributed by atoms with Crippen LogP contribution in [0.25, 0.3) is 0 Å². The molecular formula is C18H13F5N2O4S3. The second-order valence-electron chi connectivity index (χ2n) is 6.43. The summed E-state index contributed by atoms with van der Waals surface area (Å²) in [6.45, 7) is 0. The topological polar surface area (TPSA) is 93.2 Å². The van der Waals surface area contributed by atoms with Crippen LogP contribution in [-0.2, 0) is 32.5 Å². The van der Waals surface area contributed by atoms with E-state index in [9.17, 15) is 38.8 Å². The van der Waals surface area contributed by atoms with E-state index in [0.29, 0.717) is 17.4 Å². The summed E-state index contributed by atoms with van der Waals surface area (Å²) in [7, 11) is -8.66. The van der Waals surface area contributed by atoms with Crippen LogP contribution in [0.2, 0.25) is 0 Å². The quantitative estimate of drug-likeness (QED) is 0.478. The minimum atomic E-state index is -4.59. The second kappa shape index (κ2) is 8.75. The van der Waals surface area contributed by atoms with Gasteiger partial charge in [-0.1, -0.05) is 29.5 Å². The maximum atomic E-state index is 14.4.